The molecule has 3 heteroatoms. The first kappa shape index (κ1) is 8.53. The minimum atomic E-state index is -2.83. The highest BCUT2D eigenvalue weighted by molar-refractivity contribution is 5.78. The van der Waals surface area contributed by atoms with Gasteiger partial charge in [0.1, 0.15) is 5.78 Å². The first-order chi connectivity index (χ1) is 3.95. The Morgan fingerprint density at radius 2 is 2.00 bits per heavy atom. The highest BCUT2D eigenvalue weighted by Crippen LogP contribution is 2.17. The normalized spacial score (nSPS) is 11.6. The molecule has 0 aliphatic carbocycles. The number of Topliss-reactive ketones (excluding diaryl/α,β-unsaturated/α-hetero) is 1. The summed E-state index contributed by atoms with van der Waals surface area (Å²) in [7, 11) is 0. The standard InChI is InChI=1S/C6H10F2O/c1-3-5(9)4-6(2,7)8/h3-4H2,1-2H3. The molecule has 0 radical (unpaired) electrons. The minimum absolute atomic E-state index is 0.198. The summed E-state index contributed by atoms with van der Waals surface area (Å²) in [5.74, 6) is -3.21. The van der Waals surface area contributed by atoms with Crippen LogP contribution in [0.2, 0.25) is 0 Å². The summed E-state index contributed by atoms with van der Waals surface area (Å²) in [5.41, 5.74) is 0. The monoisotopic (exact) mass is 136 g/mol. The number of hydrogen-bond donors (Lipinski definition) is 0. The lowest BCUT2D eigenvalue weighted by molar-refractivity contribution is -0.124. The van der Waals surface area contributed by atoms with Crippen molar-refractivity contribution in [3.8, 4) is 0 Å². The van der Waals surface area contributed by atoms with Crippen LogP contribution in [-0.4, -0.2) is 11.7 Å². The number of halogens is 2. The second-order valence-electron chi connectivity index (χ2n) is 2.14. The van der Waals surface area contributed by atoms with Gasteiger partial charge in [-0.05, 0) is 6.92 Å². The summed E-state index contributed by atoms with van der Waals surface area (Å²) >= 11 is 0. The zero-order valence-electron chi connectivity index (χ0n) is 5.58. The third-order valence-electron chi connectivity index (χ3n) is 0.902. The van der Waals surface area contributed by atoms with E-state index in [4.69, 9.17) is 0 Å². The molecule has 0 amide bonds. The van der Waals surface area contributed by atoms with Gasteiger partial charge in [-0.2, -0.15) is 0 Å². The SMILES string of the molecule is CCC(=O)CC(C)(F)F. The Morgan fingerprint density at radius 1 is 1.56 bits per heavy atom. The van der Waals surface area contributed by atoms with Gasteiger partial charge in [-0.1, -0.05) is 6.92 Å². The molecule has 0 aromatic heterocycles. The number of carbonyl (C=O) groups excluding carboxylic acids is 1. The maximum Gasteiger partial charge on any atom is 0.252 e. The number of ketones is 1. The van der Waals surface area contributed by atoms with E-state index in [0.29, 0.717) is 0 Å². The van der Waals surface area contributed by atoms with Crippen molar-refractivity contribution in [3.05, 3.63) is 0 Å². The van der Waals surface area contributed by atoms with Crippen molar-refractivity contribution in [3.63, 3.8) is 0 Å². The molecule has 0 atom stereocenters. The predicted molar refractivity (Wildman–Crippen MR) is 30.5 cm³/mol. The van der Waals surface area contributed by atoms with Gasteiger partial charge < -0.3 is 0 Å². The topological polar surface area (TPSA) is 17.1 Å². The molecular formula is C6H10F2O. The molecule has 0 N–H and O–H groups in total. The van der Waals surface area contributed by atoms with E-state index >= 15 is 0 Å². The lowest BCUT2D eigenvalue weighted by Crippen LogP contribution is -2.15. The molecule has 0 bridgehead atoms. The lowest BCUT2D eigenvalue weighted by Gasteiger charge is -2.06. The van der Waals surface area contributed by atoms with Crippen LogP contribution in [0, 0.1) is 0 Å². The van der Waals surface area contributed by atoms with Crippen molar-refractivity contribution >= 4 is 5.78 Å². The maximum absolute atomic E-state index is 11.9. The summed E-state index contributed by atoms with van der Waals surface area (Å²) in [6.07, 6.45) is -0.424. The first-order valence-corrected chi connectivity index (χ1v) is 2.85. The molecule has 0 aromatic carbocycles. The summed E-state index contributed by atoms with van der Waals surface area (Å²) in [6, 6.07) is 0. The van der Waals surface area contributed by atoms with Crippen LogP contribution in [0.3, 0.4) is 0 Å². The van der Waals surface area contributed by atoms with E-state index in [1.165, 1.54) is 0 Å². The zero-order valence-corrected chi connectivity index (χ0v) is 5.58. The van der Waals surface area contributed by atoms with Crippen molar-refractivity contribution < 1.29 is 13.6 Å². The molecule has 0 aliphatic heterocycles. The third-order valence-corrected chi connectivity index (χ3v) is 0.902. The fourth-order valence-corrected chi connectivity index (χ4v) is 0.471. The number of rotatable bonds is 3. The van der Waals surface area contributed by atoms with E-state index in [1.54, 1.807) is 6.92 Å². The number of carbonyl (C=O) groups is 1. The van der Waals surface area contributed by atoms with Crippen LogP contribution in [0.15, 0.2) is 0 Å². The largest absolute Gasteiger partial charge is 0.299 e. The molecule has 0 saturated carbocycles. The maximum atomic E-state index is 11.9. The van der Waals surface area contributed by atoms with Crippen molar-refractivity contribution in [2.45, 2.75) is 32.6 Å². The van der Waals surface area contributed by atoms with Crippen molar-refractivity contribution in [1.29, 1.82) is 0 Å². The quantitative estimate of drug-likeness (QED) is 0.580. The van der Waals surface area contributed by atoms with Crippen LogP contribution in [0.25, 0.3) is 0 Å². The molecule has 54 valence electrons. The molecule has 0 rings (SSSR count). The van der Waals surface area contributed by atoms with E-state index in [0.717, 1.165) is 6.92 Å². The van der Waals surface area contributed by atoms with Crippen LogP contribution in [0.5, 0.6) is 0 Å². The number of alkyl halides is 2. The van der Waals surface area contributed by atoms with Gasteiger partial charge >= 0.3 is 0 Å². The van der Waals surface area contributed by atoms with Crippen LogP contribution >= 0.6 is 0 Å². The molecule has 0 saturated heterocycles. The van der Waals surface area contributed by atoms with E-state index in [2.05, 4.69) is 0 Å². The molecular weight excluding hydrogens is 126 g/mol. The summed E-state index contributed by atoms with van der Waals surface area (Å²) in [4.78, 5) is 10.3. The van der Waals surface area contributed by atoms with Crippen molar-refractivity contribution in [1.82, 2.24) is 0 Å². The molecule has 0 fully saturated rings. The van der Waals surface area contributed by atoms with Gasteiger partial charge in [-0.15, -0.1) is 0 Å². The highest BCUT2D eigenvalue weighted by atomic mass is 19.3. The minimum Gasteiger partial charge on any atom is -0.299 e. The van der Waals surface area contributed by atoms with Gasteiger partial charge in [0, 0.05) is 6.42 Å². The van der Waals surface area contributed by atoms with Crippen LogP contribution in [0.1, 0.15) is 26.7 Å². The van der Waals surface area contributed by atoms with Gasteiger partial charge in [0.05, 0.1) is 6.42 Å². The third kappa shape index (κ3) is 5.40. The van der Waals surface area contributed by atoms with Crippen LogP contribution in [0.4, 0.5) is 8.78 Å². The van der Waals surface area contributed by atoms with Crippen LogP contribution in [-0.2, 0) is 4.79 Å². The average molecular weight is 136 g/mol. The Labute approximate surface area is 53.1 Å². The summed E-state index contributed by atoms with van der Waals surface area (Å²) in [5, 5.41) is 0. The van der Waals surface area contributed by atoms with E-state index in [-0.39, 0.29) is 12.2 Å². The zero-order chi connectivity index (χ0) is 7.49. The molecule has 0 unspecified atom stereocenters. The van der Waals surface area contributed by atoms with Gasteiger partial charge in [0.2, 0.25) is 0 Å². The van der Waals surface area contributed by atoms with Crippen molar-refractivity contribution in [2.24, 2.45) is 0 Å². The fourth-order valence-electron chi connectivity index (χ4n) is 0.471. The van der Waals surface area contributed by atoms with Gasteiger partial charge in [-0.3, -0.25) is 4.79 Å². The van der Waals surface area contributed by atoms with E-state index in [1.807, 2.05) is 0 Å². The molecule has 0 aromatic rings. The Hall–Kier alpha value is -0.470. The smallest absolute Gasteiger partial charge is 0.252 e. The molecule has 0 heterocycles. The first-order valence-electron chi connectivity index (χ1n) is 2.85. The molecule has 9 heavy (non-hydrogen) atoms. The Kier molecular flexibility index (Phi) is 2.74. The summed E-state index contributed by atoms with van der Waals surface area (Å²) in [6.45, 7) is 2.33. The van der Waals surface area contributed by atoms with Gasteiger partial charge in [-0.25, -0.2) is 8.78 Å². The lowest BCUT2D eigenvalue weighted by atomic mass is 10.1. The van der Waals surface area contributed by atoms with Gasteiger partial charge in [0.25, 0.3) is 5.92 Å². The second-order valence-corrected chi connectivity index (χ2v) is 2.14. The second kappa shape index (κ2) is 2.90. The average Bonchev–Trinajstić information content (AvgIpc) is 1.62. The van der Waals surface area contributed by atoms with Crippen molar-refractivity contribution in [2.75, 3.05) is 0 Å². The Bertz CT molecular complexity index is 104. The molecule has 0 spiro atoms. The molecule has 1 nitrogen and oxygen atoms in total. The van der Waals surface area contributed by atoms with E-state index in [9.17, 15) is 13.6 Å². The van der Waals surface area contributed by atoms with E-state index < -0.39 is 12.3 Å². The van der Waals surface area contributed by atoms with Crippen LogP contribution < -0.4 is 0 Å². The van der Waals surface area contributed by atoms with Gasteiger partial charge in [0.15, 0.2) is 0 Å². The fraction of sp³-hybridized carbons (Fsp3) is 0.833. The summed E-state index contributed by atoms with van der Waals surface area (Å²) < 4.78 is 23.9. The highest BCUT2D eigenvalue weighted by Gasteiger charge is 2.23. The Morgan fingerprint density at radius 3 is 2.11 bits per heavy atom. The Balaban J connectivity index is 3.60. The number of hydrogen-bond acceptors (Lipinski definition) is 1. The molecule has 0 aliphatic rings. The predicted octanol–water partition coefficient (Wildman–Crippen LogP) is 2.01.